The smallest absolute Gasteiger partial charge is 0.233 e. The molecular formula is C24H24BrNO6. The molecule has 8 heteroatoms. The number of hydrogen-bond acceptors (Lipinski definition) is 6. The highest BCUT2D eigenvalue weighted by Gasteiger charge is 2.66. The normalized spacial score (nSPS) is 33.8. The molecular weight excluding hydrogens is 478 g/mol. The lowest BCUT2D eigenvalue weighted by Crippen LogP contribution is -2.55. The van der Waals surface area contributed by atoms with E-state index in [1.807, 2.05) is 30.3 Å². The summed E-state index contributed by atoms with van der Waals surface area (Å²) in [6.45, 7) is 0.141. The van der Waals surface area contributed by atoms with Gasteiger partial charge in [0.2, 0.25) is 11.8 Å². The first kappa shape index (κ1) is 21.4. The summed E-state index contributed by atoms with van der Waals surface area (Å²) in [5, 5.41) is 22.2. The lowest BCUT2D eigenvalue weighted by atomic mass is 9.64. The van der Waals surface area contributed by atoms with Gasteiger partial charge in [-0.25, -0.2) is 0 Å². The lowest BCUT2D eigenvalue weighted by molar-refractivity contribution is -0.272. The van der Waals surface area contributed by atoms with Crippen LogP contribution in [-0.2, 0) is 14.3 Å². The summed E-state index contributed by atoms with van der Waals surface area (Å²) in [6.07, 6.45) is -0.0123. The van der Waals surface area contributed by atoms with Crippen LogP contribution in [0.5, 0.6) is 11.5 Å². The molecule has 0 unspecified atom stereocenters. The number of benzene rings is 2. The molecule has 0 radical (unpaired) electrons. The van der Waals surface area contributed by atoms with Crippen molar-refractivity contribution in [1.29, 1.82) is 0 Å². The molecule has 0 bridgehead atoms. The minimum Gasteiger partial charge on any atom is -0.508 e. The number of ether oxygens (including phenoxy) is 2. The number of phenolic OH excluding ortho intramolecular Hbond substituents is 1. The van der Waals surface area contributed by atoms with E-state index < -0.39 is 35.6 Å². The lowest BCUT2D eigenvalue weighted by Gasteiger charge is -2.44. The van der Waals surface area contributed by atoms with E-state index in [9.17, 15) is 19.8 Å². The number of aliphatic hydroxyl groups is 1. The molecule has 3 aliphatic rings. The molecule has 32 heavy (non-hydrogen) atoms. The third kappa shape index (κ3) is 3.32. The van der Waals surface area contributed by atoms with Gasteiger partial charge in [0, 0.05) is 28.9 Å². The van der Waals surface area contributed by atoms with Gasteiger partial charge in [-0.2, -0.15) is 0 Å². The minimum atomic E-state index is -1.66. The third-order valence-corrected chi connectivity index (χ3v) is 7.61. The van der Waals surface area contributed by atoms with Crippen LogP contribution in [-0.4, -0.2) is 46.4 Å². The maximum atomic E-state index is 12.9. The predicted octanol–water partition coefficient (Wildman–Crippen LogP) is 3.25. The van der Waals surface area contributed by atoms with Crippen molar-refractivity contribution >= 4 is 27.7 Å². The number of imide groups is 1. The third-order valence-electron chi connectivity index (χ3n) is 7.12. The molecule has 0 aromatic heterocycles. The average Bonchev–Trinajstić information content (AvgIpc) is 3.24. The fourth-order valence-electron chi connectivity index (χ4n) is 5.52. The van der Waals surface area contributed by atoms with Crippen LogP contribution >= 0.6 is 15.9 Å². The Labute approximate surface area is 194 Å². The number of phenols is 1. The Bertz CT molecular complexity index is 1060. The minimum absolute atomic E-state index is 0.0556. The summed E-state index contributed by atoms with van der Waals surface area (Å²) in [6, 6.07) is 14.3. The van der Waals surface area contributed by atoms with E-state index in [-0.39, 0.29) is 30.6 Å². The maximum absolute atomic E-state index is 12.9. The number of carbonyl (C=O) groups is 2. The van der Waals surface area contributed by atoms with E-state index >= 15 is 0 Å². The first-order valence-corrected chi connectivity index (χ1v) is 11.5. The molecule has 3 fully saturated rings. The number of likely N-dealkylation sites (tertiary alicyclic amines) is 1. The number of aromatic hydroxyl groups is 1. The van der Waals surface area contributed by atoms with Crippen LogP contribution < -0.4 is 4.74 Å². The molecule has 7 nitrogen and oxygen atoms in total. The molecule has 2 aliphatic heterocycles. The van der Waals surface area contributed by atoms with Gasteiger partial charge >= 0.3 is 0 Å². The molecule has 2 heterocycles. The Balaban J connectivity index is 1.49. The number of rotatable bonds is 4. The number of halogens is 1. The van der Waals surface area contributed by atoms with Crippen LogP contribution in [0.2, 0.25) is 0 Å². The number of hydrogen-bond donors (Lipinski definition) is 2. The van der Waals surface area contributed by atoms with Gasteiger partial charge in [0.15, 0.2) is 5.79 Å². The molecule has 1 saturated carbocycles. The highest BCUT2D eigenvalue weighted by atomic mass is 79.9. The SMILES string of the molecule is CN1C(=O)[C@H]2[C@H](C[C@H](COc3ccccc3)[C@@]3(O)O[C@H](c4cc(Br)ccc4O)C[C@@H]23)C1=O. The highest BCUT2D eigenvalue weighted by Crippen LogP contribution is 2.58. The molecule has 2 N–H and O–H groups in total. The first-order chi connectivity index (χ1) is 15.3. The Kier molecular flexibility index (Phi) is 5.27. The summed E-state index contributed by atoms with van der Waals surface area (Å²) < 4.78 is 12.9. The molecule has 2 aromatic rings. The Hall–Kier alpha value is -2.42. The van der Waals surface area contributed by atoms with Crippen molar-refractivity contribution in [2.24, 2.45) is 23.7 Å². The monoisotopic (exact) mass is 501 g/mol. The van der Waals surface area contributed by atoms with Crippen molar-refractivity contribution in [3.8, 4) is 11.5 Å². The molecule has 0 spiro atoms. The van der Waals surface area contributed by atoms with Crippen LogP contribution in [0, 0.1) is 23.7 Å². The molecule has 1 aliphatic carbocycles. The largest absolute Gasteiger partial charge is 0.508 e. The first-order valence-electron chi connectivity index (χ1n) is 10.7. The Morgan fingerprint density at radius 1 is 1.16 bits per heavy atom. The van der Waals surface area contributed by atoms with Crippen LogP contribution in [0.15, 0.2) is 53.0 Å². The van der Waals surface area contributed by atoms with E-state index in [4.69, 9.17) is 9.47 Å². The number of nitrogens with zero attached hydrogens (tertiary/aromatic N) is 1. The van der Waals surface area contributed by atoms with Crippen molar-refractivity contribution < 1.29 is 29.3 Å². The summed E-state index contributed by atoms with van der Waals surface area (Å²) in [7, 11) is 1.49. The summed E-state index contributed by atoms with van der Waals surface area (Å²) in [5.41, 5.74) is 0.534. The fraction of sp³-hybridized carbons (Fsp3) is 0.417. The second kappa shape index (κ2) is 7.86. The highest BCUT2D eigenvalue weighted by molar-refractivity contribution is 9.10. The predicted molar refractivity (Wildman–Crippen MR) is 117 cm³/mol. The average molecular weight is 502 g/mol. The zero-order valence-electron chi connectivity index (χ0n) is 17.5. The number of fused-ring (bicyclic) bond motifs is 3. The zero-order valence-corrected chi connectivity index (χ0v) is 19.1. The second-order valence-corrected chi connectivity index (χ2v) is 9.74. The van der Waals surface area contributed by atoms with Crippen molar-refractivity contribution in [3.63, 3.8) is 0 Å². The fourth-order valence-corrected chi connectivity index (χ4v) is 5.90. The van der Waals surface area contributed by atoms with E-state index in [0.717, 1.165) is 4.47 Å². The van der Waals surface area contributed by atoms with Crippen molar-refractivity contribution in [2.45, 2.75) is 24.7 Å². The summed E-state index contributed by atoms with van der Waals surface area (Å²) >= 11 is 3.41. The Morgan fingerprint density at radius 3 is 2.66 bits per heavy atom. The maximum Gasteiger partial charge on any atom is 0.233 e. The van der Waals surface area contributed by atoms with Crippen LogP contribution in [0.1, 0.15) is 24.5 Å². The Morgan fingerprint density at radius 2 is 1.91 bits per heavy atom. The zero-order chi connectivity index (χ0) is 22.6. The van der Waals surface area contributed by atoms with Gasteiger partial charge in [-0.1, -0.05) is 34.1 Å². The summed E-state index contributed by atoms with van der Waals surface area (Å²) in [4.78, 5) is 26.9. The van der Waals surface area contributed by atoms with Crippen LogP contribution in [0.4, 0.5) is 0 Å². The number of carbonyl (C=O) groups excluding carboxylic acids is 2. The standard InChI is InChI=1S/C24H24BrNO6/c1-26-22(28)17-9-13(12-31-15-5-3-2-4-6-15)24(30)18(21(17)23(26)29)11-20(32-24)16-10-14(25)7-8-19(16)27/h2-8,10,13,17-18,20-21,27,30H,9,11-12H2,1H3/t13-,17+,18+,20+,21+,24-/m1/s1. The van der Waals surface area contributed by atoms with Crippen molar-refractivity contribution in [3.05, 3.63) is 58.6 Å². The van der Waals surface area contributed by atoms with E-state index in [2.05, 4.69) is 15.9 Å². The van der Waals surface area contributed by atoms with Gasteiger partial charge in [0.25, 0.3) is 0 Å². The van der Waals surface area contributed by atoms with Gasteiger partial charge in [-0.3, -0.25) is 14.5 Å². The van der Waals surface area contributed by atoms with Gasteiger partial charge < -0.3 is 19.7 Å². The molecule has 168 valence electrons. The quantitative estimate of drug-likeness (QED) is 0.624. The molecule has 2 saturated heterocycles. The van der Waals surface area contributed by atoms with E-state index in [1.54, 1.807) is 18.2 Å². The van der Waals surface area contributed by atoms with Crippen molar-refractivity contribution in [2.75, 3.05) is 13.7 Å². The van der Waals surface area contributed by atoms with Gasteiger partial charge in [-0.15, -0.1) is 0 Å². The number of amides is 2. The molecule has 6 atom stereocenters. The van der Waals surface area contributed by atoms with E-state index in [1.165, 1.54) is 11.9 Å². The summed E-state index contributed by atoms with van der Waals surface area (Å²) in [5.74, 6) is -3.72. The molecule has 5 rings (SSSR count). The van der Waals surface area contributed by atoms with Gasteiger partial charge in [0.1, 0.15) is 11.5 Å². The van der Waals surface area contributed by atoms with Crippen molar-refractivity contribution in [1.82, 2.24) is 4.90 Å². The van der Waals surface area contributed by atoms with Crippen LogP contribution in [0.3, 0.4) is 0 Å². The molecule has 2 aromatic carbocycles. The van der Waals surface area contributed by atoms with Crippen LogP contribution in [0.25, 0.3) is 0 Å². The number of para-hydroxylation sites is 1. The van der Waals surface area contributed by atoms with Gasteiger partial charge in [0.05, 0.1) is 24.5 Å². The second-order valence-electron chi connectivity index (χ2n) is 8.83. The molecule has 2 amide bonds. The van der Waals surface area contributed by atoms with Gasteiger partial charge in [-0.05, 0) is 43.2 Å². The van der Waals surface area contributed by atoms with E-state index in [0.29, 0.717) is 17.7 Å². The topological polar surface area (TPSA) is 96.3 Å².